The lowest BCUT2D eigenvalue weighted by molar-refractivity contribution is -0.00184. The number of aromatic amines is 1. The van der Waals surface area contributed by atoms with E-state index >= 15 is 0 Å². The van der Waals surface area contributed by atoms with Crippen molar-refractivity contribution in [2.24, 2.45) is 0 Å². The van der Waals surface area contributed by atoms with E-state index in [9.17, 15) is 9.18 Å². The summed E-state index contributed by atoms with van der Waals surface area (Å²) < 4.78 is 29.1. The highest BCUT2D eigenvalue weighted by atomic mass is 79.9. The molecule has 5 rings (SSSR count). The third kappa shape index (κ3) is 4.30. The van der Waals surface area contributed by atoms with Gasteiger partial charge in [-0.1, -0.05) is 22.9 Å². The van der Waals surface area contributed by atoms with Crippen LogP contribution in [0, 0.1) is 5.82 Å². The Morgan fingerprint density at radius 3 is 2.76 bits per heavy atom. The molecule has 2 aliphatic rings. The zero-order chi connectivity index (χ0) is 23.3. The van der Waals surface area contributed by atoms with Crippen LogP contribution in [0.2, 0.25) is 0 Å². The Kier molecular flexibility index (Phi) is 5.77. The molecule has 1 fully saturated rings. The van der Waals surface area contributed by atoms with Crippen molar-refractivity contribution in [3.8, 4) is 11.5 Å². The monoisotopic (exact) mass is 517 g/mol. The zero-order valence-corrected chi connectivity index (χ0v) is 20.7. The SMILES string of the molecule is CCC(Oc1cc(Br)cc2c1OC(C)(C)C2)N1CCC(n2c(=O)[nH]c3cc(F)ccc32)CC1. The molecule has 1 N–H and O–H groups in total. The molecule has 0 spiro atoms. The number of hydrogen-bond acceptors (Lipinski definition) is 4. The van der Waals surface area contributed by atoms with Crippen LogP contribution in [0.3, 0.4) is 0 Å². The Labute approximate surface area is 200 Å². The highest BCUT2D eigenvalue weighted by Crippen LogP contribution is 2.44. The van der Waals surface area contributed by atoms with E-state index in [1.807, 2.05) is 6.07 Å². The molecule has 3 aromatic rings. The summed E-state index contributed by atoms with van der Waals surface area (Å²) in [6.45, 7) is 7.93. The number of H-pyrrole nitrogens is 1. The number of halogens is 2. The average Bonchev–Trinajstić information content (AvgIpc) is 3.25. The van der Waals surface area contributed by atoms with Gasteiger partial charge in [0, 0.05) is 35.6 Å². The molecule has 1 saturated heterocycles. The second kappa shape index (κ2) is 8.47. The summed E-state index contributed by atoms with van der Waals surface area (Å²) in [6, 6.07) is 8.63. The second-order valence-electron chi connectivity index (χ2n) is 9.64. The fourth-order valence-electron chi connectivity index (χ4n) is 5.19. The van der Waals surface area contributed by atoms with Gasteiger partial charge in [0.25, 0.3) is 0 Å². The van der Waals surface area contributed by atoms with Gasteiger partial charge >= 0.3 is 5.69 Å². The lowest BCUT2D eigenvalue weighted by Gasteiger charge is -2.37. The van der Waals surface area contributed by atoms with Gasteiger partial charge < -0.3 is 14.5 Å². The smallest absolute Gasteiger partial charge is 0.326 e. The van der Waals surface area contributed by atoms with Gasteiger partial charge in [0.15, 0.2) is 17.7 Å². The van der Waals surface area contributed by atoms with Crippen molar-refractivity contribution in [3.63, 3.8) is 0 Å². The van der Waals surface area contributed by atoms with Gasteiger partial charge in [-0.3, -0.25) is 9.47 Å². The van der Waals surface area contributed by atoms with Crippen molar-refractivity contribution < 1.29 is 13.9 Å². The van der Waals surface area contributed by atoms with E-state index in [0.717, 1.165) is 65.8 Å². The summed E-state index contributed by atoms with van der Waals surface area (Å²) >= 11 is 3.61. The maximum Gasteiger partial charge on any atom is 0.326 e. The van der Waals surface area contributed by atoms with Gasteiger partial charge in [0.05, 0.1) is 11.0 Å². The lowest BCUT2D eigenvalue weighted by Crippen LogP contribution is -2.45. The van der Waals surface area contributed by atoms with Crippen LogP contribution in [0.5, 0.6) is 11.5 Å². The van der Waals surface area contributed by atoms with E-state index in [2.05, 4.69) is 52.7 Å². The van der Waals surface area contributed by atoms with Crippen molar-refractivity contribution in [1.82, 2.24) is 14.5 Å². The van der Waals surface area contributed by atoms with Crippen LogP contribution in [0.1, 0.15) is 51.6 Å². The van der Waals surface area contributed by atoms with Gasteiger partial charge in [-0.25, -0.2) is 9.18 Å². The molecule has 3 heterocycles. The largest absolute Gasteiger partial charge is 0.483 e. The Bertz CT molecular complexity index is 1240. The predicted molar refractivity (Wildman–Crippen MR) is 130 cm³/mol. The first-order chi connectivity index (χ1) is 15.7. The van der Waals surface area contributed by atoms with Crippen molar-refractivity contribution in [2.45, 2.75) is 64.3 Å². The summed E-state index contributed by atoms with van der Waals surface area (Å²) in [5.41, 5.74) is 2.04. The summed E-state index contributed by atoms with van der Waals surface area (Å²) in [7, 11) is 0. The molecule has 2 aliphatic heterocycles. The summed E-state index contributed by atoms with van der Waals surface area (Å²) in [5, 5.41) is 0. The Morgan fingerprint density at radius 1 is 1.27 bits per heavy atom. The first-order valence-electron chi connectivity index (χ1n) is 11.6. The fourth-order valence-corrected chi connectivity index (χ4v) is 5.67. The zero-order valence-electron chi connectivity index (χ0n) is 19.2. The number of ether oxygens (including phenoxy) is 2. The van der Waals surface area contributed by atoms with Gasteiger partial charge in [0.2, 0.25) is 0 Å². The third-order valence-electron chi connectivity index (χ3n) is 6.65. The minimum Gasteiger partial charge on any atom is -0.483 e. The highest BCUT2D eigenvalue weighted by molar-refractivity contribution is 9.10. The van der Waals surface area contributed by atoms with Gasteiger partial charge in [-0.2, -0.15) is 0 Å². The van der Waals surface area contributed by atoms with Crippen LogP contribution in [0.4, 0.5) is 4.39 Å². The van der Waals surface area contributed by atoms with E-state index in [1.54, 1.807) is 10.6 Å². The summed E-state index contributed by atoms with van der Waals surface area (Å²) in [4.78, 5) is 17.7. The average molecular weight is 518 g/mol. The van der Waals surface area contributed by atoms with Crippen molar-refractivity contribution >= 4 is 27.0 Å². The number of nitrogens with one attached hydrogen (secondary N) is 1. The van der Waals surface area contributed by atoms with E-state index < -0.39 is 0 Å². The number of nitrogens with zero attached hydrogens (tertiary/aromatic N) is 2. The third-order valence-corrected chi connectivity index (χ3v) is 7.11. The maximum atomic E-state index is 13.6. The summed E-state index contributed by atoms with van der Waals surface area (Å²) in [5.74, 6) is 1.27. The highest BCUT2D eigenvalue weighted by Gasteiger charge is 2.34. The lowest BCUT2D eigenvalue weighted by atomic mass is 10.0. The molecule has 0 radical (unpaired) electrons. The van der Waals surface area contributed by atoms with Crippen LogP contribution in [-0.4, -0.2) is 39.4 Å². The minimum absolute atomic E-state index is 0.0738. The molecular formula is C25H29BrFN3O3. The molecule has 1 aromatic heterocycles. The van der Waals surface area contributed by atoms with E-state index in [4.69, 9.17) is 9.47 Å². The molecule has 6 nitrogen and oxygen atoms in total. The van der Waals surface area contributed by atoms with Gasteiger partial charge in [0.1, 0.15) is 11.4 Å². The quantitative estimate of drug-likeness (QED) is 0.492. The second-order valence-corrected chi connectivity index (χ2v) is 10.6. The van der Waals surface area contributed by atoms with Crippen LogP contribution in [0.15, 0.2) is 39.6 Å². The van der Waals surface area contributed by atoms with Crippen molar-refractivity contribution in [1.29, 1.82) is 0 Å². The number of aromatic nitrogens is 2. The maximum absolute atomic E-state index is 13.6. The predicted octanol–water partition coefficient (Wildman–Crippen LogP) is 5.40. The normalized spacial score (nSPS) is 19.4. The molecule has 33 heavy (non-hydrogen) atoms. The molecule has 1 atom stereocenters. The van der Waals surface area contributed by atoms with Crippen LogP contribution >= 0.6 is 15.9 Å². The molecule has 2 aromatic carbocycles. The molecule has 176 valence electrons. The van der Waals surface area contributed by atoms with Crippen LogP contribution in [-0.2, 0) is 6.42 Å². The molecule has 1 unspecified atom stereocenters. The van der Waals surface area contributed by atoms with E-state index in [1.165, 1.54) is 12.1 Å². The molecule has 0 amide bonds. The Hall–Kier alpha value is -2.32. The molecule has 0 bridgehead atoms. The van der Waals surface area contributed by atoms with Crippen molar-refractivity contribution in [2.75, 3.05) is 13.1 Å². The van der Waals surface area contributed by atoms with E-state index in [-0.39, 0.29) is 29.4 Å². The number of likely N-dealkylation sites (tertiary alicyclic amines) is 1. The molecule has 0 aliphatic carbocycles. The number of piperidine rings is 1. The number of hydrogen-bond donors (Lipinski definition) is 1. The first-order valence-corrected chi connectivity index (χ1v) is 12.4. The Balaban J connectivity index is 1.32. The first kappa shape index (κ1) is 22.5. The minimum atomic E-state index is -0.347. The molecule has 0 saturated carbocycles. The number of benzene rings is 2. The topological polar surface area (TPSA) is 59.5 Å². The van der Waals surface area contributed by atoms with Crippen molar-refractivity contribution in [3.05, 3.63) is 56.7 Å². The number of rotatable bonds is 5. The fraction of sp³-hybridized carbons (Fsp3) is 0.480. The van der Waals surface area contributed by atoms with Crippen LogP contribution < -0.4 is 15.2 Å². The van der Waals surface area contributed by atoms with E-state index in [0.29, 0.717) is 5.52 Å². The van der Waals surface area contributed by atoms with Gasteiger partial charge in [-0.15, -0.1) is 0 Å². The number of fused-ring (bicyclic) bond motifs is 2. The molecule has 8 heteroatoms. The van der Waals surface area contributed by atoms with Gasteiger partial charge in [-0.05, 0) is 63.4 Å². The Morgan fingerprint density at radius 2 is 2.03 bits per heavy atom. The summed E-state index contributed by atoms with van der Waals surface area (Å²) in [6.07, 6.45) is 3.25. The van der Waals surface area contributed by atoms with Crippen LogP contribution in [0.25, 0.3) is 11.0 Å². The molecular weight excluding hydrogens is 489 g/mol. The number of imidazole rings is 1. The standard InChI is InChI=1S/C25H29BrFN3O3/c1-4-22(32-21-12-16(26)11-15-14-25(2,3)33-23(15)21)29-9-7-18(8-10-29)30-20-6-5-17(27)13-19(20)28-24(30)31/h5-6,11-13,18,22H,4,7-10,14H2,1-3H3,(H,28,31).